The van der Waals surface area contributed by atoms with Crippen LogP contribution in [0.15, 0.2) is 6.07 Å². The first kappa shape index (κ1) is 16.0. The average Bonchev–Trinajstić information content (AvgIpc) is 2.52. The van der Waals surface area contributed by atoms with E-state index in [1.807, 2.05) is 13.0 Å². The molecule has 6 nitrogen and oxygen atoms in total. The van der Waals surface area contributed by atoms with Gasteiger partial charge in [0.1, 0.15) is 18.2 Å². The lowest BCUT2D eigenvalue weighted by molar-refractivity contribution is 0.128. The number of aromatic nitrogens is 2. The van der Waals surface area contributed by atoms with Crippen molar-refractivity contribution in [1.29, 1.82) is 0 Å². The fourth-order valence-corrected chi connectivity index (χ4v) is 2.85. The Bertz CT molecular complexity index is 440. The van der Waals surface area contributed by atoms with Gasteiger partial charge in [-0.25, -0.2) is 15.8 Å². The zero-order valence-electron chi connectivity index (χ0n) is 13.1. The van der Waals surface area contributed by atoms with Gasteiger partial charge in [0, 0.05) is 19.2 Å². The Hall–Kier alpha value is -1.40. The van der Waals surface area contributed by atoms with Crippen LogP contribution in [0.25, 0.3) is 0 Å². The summed E-state index contributed by atoms with van der Waals surface area (Å²) in [6.07, 6.45) is 5.34. The predicted molar refractivity (Wildman–Crippen MR) is 84.8 cm³/mol. The molecule has 1 heterocycles. The number of nitrogens with zero attached hydrogens (tertiary/aromatic N) is 2. The van der Waals surface area contributed by atoms with Gasteiger partial charge in [-0.15, -0.1) is 0 Å². The molecule has 0 radical (unpaired) electrons. The summed E-state index contributed by atoms with van der Waals surface area (Å²) in [6.45, 7) is 6.30. The third-order valence-electron chi connectivity index (χ3n) is 4.19. The highest BCUT2D eigenvalue weighted by Gasteiger charge is 2.21. The van der Waals surface area contributed by atoms with Crippen LogP contribution < -0.4 is 16.6 Å². The van der Waals surface area contributed by atoms with Gasteiger partial charge in [-0.1, -0.05) is 26.2 Å². The van der Waals surface area contributed by atoms with Crippen molar-refractivity contribution in [3.8, 4) is 0 Å². The average molecular weight is 293 g/mol. The van der Waals surface area contributed by atoms with Gasteiger partial charge in [0.05, 0.1) is 0 Å². The summed E-state index contributed by atoms with van der Waals surface area (Å²) >= 11 is 0. The van der Waals surface area contributed by atoms with Gasteiger partial charge in [-0.2, -0.15) is 0 Å². The molecule has 2 atom stereocenters. The standard InChI is InChI=1S/C15H27N5O/c1-3-21-10-15-18-13(8-14(19-15)20-16)17-9-12-7-5-4-6-11(12)2/h8,11-12H,3-7,9-10,16H2,1-2H3,(H2,17,18,19,20). The molecule has 0 bridgehead atoms. The maximum absolute atomic E-state index is 5.47. The Kier molecular flexibility index (Phi) is 6.20. The summed E-state index contributed by atoms with van der Waals surface area (Å²) in [5, 5.41) is 3.43. The van der Waals surface area contributed by atoms with E-state index in [-0.39, 0.29) is 0 Å². The highest BCUT2D eigenvalue weighted by molar-refractivity contribution is 5.46. The lowest BCUT2D eigenvalue weighted by Gasteiger charge is -2.29. The molecular formula is C15H27N5O. The van der Waals surface area contributed by atoms with Crippen LogP contribution in [0, 0.1) is 11.8 Å². The molecule has 1 fully saturated rings. The highest BCUT2D eigenvalue weighted by atomic mass is 16.5. The van der Waals surface area contributed by atoms with E-state index < -0.39 is 0 Å². The molecule has 1 aromatic heterocycles. The summed E-state index contributed by atoms with van der Waals surface area (Å²) in [5.41, 5.74) is 2.58. The molecule has 2 rings (SSSR count). The van der Waals surface area contributed by atoms with Crippen LogP contribution in [-0.2, 0) is 11.3 Å². The van der Waals surface area contributed by atoms with Crippen molar-refractivity contribution in [3.63, 3.8) is 0 Å². The molecule has 1 saturated carbocycles. The third-order valence-corrected chi connectivity index (χ3v) is 4.19. The van der Waals surface area contributed by atoms with Crippen LogP contribution in [0.1, 0.15) is 45.4 Å². The van der Waals surface area contributed by atoms with E-state index in [0.29, 0.717) is 24.9 Å². The predicted octanol–water partition coefficient (Wildman–Crippen LogP) is 2.54. The minimum atomic E-state index is 0.403. The van der Waals surface area contributed by atoms with Gasteiger partial charge in [0.2, 0.25) is 0 Å². The van der Waals surface area contributed by atoms with Gasteiger partial charge in [-0.3, -0.25) is 0 Å². The van der Waals surface area contributed by atoms with Gasteiger partial charge >= 0.3 is 0 Å². The lowest BCUT2D eigenvalue weighted by atomic mass is 9.80. The number of rotatable bonds is 7. The zero-order chi connectivity index (χ0) is 15.1. The number of hydrogen-bond acceptors (Lipinski definition) is 6. The number of nitrogen functional groups attached to an aromatic ring is 1. The van der Waals surface area contributed by atoms with E-state index in [4.69, 9.17) is 10.6 Å². The molecule has 0 aliphatic heterocycles. The highest BCUT2D eigenvalue weighted by Crippen LogP contribution is 2.29. The largest absolute Gasteiger partial charge is 0.374 e. The van der Waals surface area contributed by atoms with Crippen molar-refractivity contribution in [2.45, 2.75) is 46.1 Å². The van der Waals surface area contributed by atoms with Crippen LogP contribution in [0.3, 0.4) is 0 Å². The molecule has 118 valence electrons. The SMILES string of the molecule is CCOCc1nc(NN)cc(NCC2CCCCC2C)n1. The summed E-state index contributed by atoms with van der Waals surface area (Å²) in [6, 6.07) is 1.84. The minimum Gasteiger partial charge on any atom is -0.374 e. The van der Waals surface area contributed by atoms with Gasteiger partial charge in [0.15, 0.2) is 5.82 Å². The molecule has 0 amide bonds. The maximum Gasteiger partial charge on any atom is 0.158 e. The summed E-state index contributed by atoms with van der Waals surface area (Å²) in [5.74, 6) is 9.04. The van der Waals surface area contributed by atoms with E-state index in [9.17, 15) is 0 Å². The summed E-state index contributed by atoms with van der Waals surface area (Å²) in [4.78, 5) is 8.77. The van der Waals surface area contributed by atoms with E-state index in [1.54, 1.807) is 0 Å². The van der Waals surface area contributed by atoms with Crippen molar-refractivity contribution in [1.82, 2.24) is 9.97 Å². The molecule has 21 heavy (non-hydrogen) atoms. The van der Waals surface area contributed by atoms with E-state index in [2.05, 4.69) is 27.6 Å². The van der Waals surface area contributed by atoms with Crippen molar-refractivity contribution in [2.75, 3.05) is 23.9 Å². The van der Waals surface area contributed by atoms with Crippen molar-refractivity contribution < 1.29 is 4.74 Å². The number of nitrogens with two attached hydrogens (primary N) is 1. The fraction of sp³-hybridized carbons (Fsp3) is 0.733. The monoisotopic (exact) mass is 293 g/mol. The molecule has 4 N–H and O–H groups in total. The molecular weight excluding hydrogens is 266 g/mol. The summed E-state index contributed by atoms with van der Waals surface area (Å²) in [7, 11) is 0. The Balaban J connectivity index is 1.97. The number of anilines is 2. The Labute approximate surface area is 126 Å². The van der Waals surface area contributed by atoms with E-state index in [1.165, 1.54) is 25.7 Å². The number of hydrazine groups is 1. The Morgan fingerprint density at radius 2 is 2.05 bits per heavy atom. The van der Waals surface area contributed by atoms with E-state index >= 15 is 0 Å². The normalized spacial score (nSPS) is 22.0. The van der Waals surface area contributed by atoms with Crippen molar-refractivity contribution in [2.24, 2.45) is 17.7 Å². The number of hydrogen-bond donors (Lipinski definition) is 3. The van der Waals surface area contributed by atoms with E-state index in [0.717, 1.165) is 24.2 Å². The molecule has 2 unspecified atom stereocenters. The van der Waals surface area contributed by atoms with Gasteiger partial charge in [-0.05, 0) is 25.2 Å². The fourth-order valence-electron chi connectivity index (χ4n) is 2.85. The third kappa shape index (κ3) is 4.82. The van der Waals surface area contributed by atoms with Crippen LogP contribution >= 0.6 is 0 Å². The topological polar surface area (TPSA) is 85.1 Å². The first-order valence-electron chi connectivity index (χ1n) is 7.89. The molecule has 1 aliphatic carbocycles. The minimum absolute atomic E-state index is 0.403. The second kappa shape index (κ2) is 8.14. The van der Waals surface area contributed by atoms with Crippen LogP contribution in [0.2, 0.25) is 0 Å². The van der Waals surface area contributed by atoms with Crippen molar-refractivity contribution in [3.05, 3.63) is 11.9 Å². The Morgan fingerprint density at radius 3 is 2.76 bits per heavy atom. The molecule has 0 aromatic carbocycles. The smallest absolute Gasteiger partial charge is 0.158 e. The van der Waals surface area contributed by atoms with Gasteiger partial charge in [0.25, 0.3) is 0 Å². The Morgan fingerprint density at radius 1 is 1.29 bits per heavy atom. The van der Waals surface area contributed by atoms with Crippen LogP contribution in [0.4, 0.5) is 11.6 Å². The zero-order valence-corrected chi connectivity index (χ0v) is 13.1. The number of ether oxygens (including phenoxy) is 1. The second-order valence-electron chi connectivity index (χ2n) is 5.74. The first-order valence-corrected chi connectivity index (χ1v) is 7.89. The molecule has 0 spiro atoms. The van der Waals surface area contributed by atoms with Crippen LogP contribution in [0.5, 0.6) is 0 Å². The molecule has 6 heteroatoms. The molecule has 1 aromatic rings. The van der Waals surface area contributed by atoms with Crippen LogP contribution in [-0.4, -0.2) is 23.1 Å². The van der Waals surface area contributed by atoms with Gasteiger partial charge < -0.3 is 15.5 Å². The molecule has 1 aliphatic rings. The quantitative estimate of drug-likeness (QED) is 0.529. The lowest BCUT2D eigenvalue weighted by Crippen LogP contribution is -2.25. The second-order valence-corrected chi connectivity index (χ2v) is 5.74. The first-order chi connectivity index (χ1) is 10.2. The summed E-state index contributed by atoms with van der Waals surface area (Å²) < 4.78 is 5.36. The maximum atomic E-state index is 5.47. The van der Waals surface area contributed by atoms with Crippen molar-refractivity contribution >= 4 is 11.6 Å². The molecule has 0 saturated heterocycles. The number of nitrogens with one attached hydrogen (secondary N) is 2.